The van der Waals surface area contributed by atoms with Crippen molar-refractivity contribution in [3.63, 3.8) is 0 Å². The topological polar surface area (TPSA) is 146 Å². The smallest absolute Gasteiger partial charge is 0.408 e. The van der Waals surface area contributed by atoms with Gasteiger partial charge in [0.05, 0.1) is 0 Å². The van der Waals surface area contributed by atoms with E-state index in [2.05, 4.69) is 10.6 Å². The number of nitrogens with one attached hydrogen (secondary N) is 2. The summed E-state index contributed by atoms with van der Waals surface area (Å²) in [6.45, 7) is 6.17. The van der Waals surface area contributed by atoms with Crippen LogP contribution in [-0.2, 0) is 27.9 Å². The van der Waals surface area contributed by atoms with Crippen LogP contribution in [-0.4, -0.2) is 49.6 Å². The molecular weight excluding hydrogens is 329 g/mol. The molecule has 10 nitrogen and oxygen atoms in total. The number of ether oxygens (including phenoxy) is 1. The fourth-order valence-corrected chi connectivity index (χ4v) is 2.55. The van der Waals surface area contributed by atoms with E-state index in [1.54, 1.807) is 20.8 Å². The Morgan fingerprint density at radius 3 is 1.91 bits per heavy atom. The highest BCUT2D eigenvalue weighted by atomic mass is 31.2. The molecule has 0 radical (unpaired) electrons. The highest BCUT2D eigenvalue weighted by molar-refractivity contribution is 7.55. The molecule has 4 N–H and O–H groups in total. The molecule has 0 aromatic carbocycles. The minimum absolute atomic E-state index is 0.806. The van der Waals surface area contributed by atoms with E-state index < -0.39 is 42.9 Å². The molecular formula is C12H24N3O7P. The quantitative estimate of drug-likeness (QED) is 0.558. The number of carbonyl (C=O) groups excluding carboxylic acids is 3. The van der Waals surface area contributed by atoms with Crippen molar-refractivity contribution in [2.24, 2.45) is 5.73 Å². The van der Waals surface area contributed by atoms with Crippen molar-refractivity contribution in [1.29, 1.82) is 0 Å². The van der Waals surface area contributed by atoms with Crippen LogP contribution in [0.1, 0.15) is 27.7 Å². The van der Waals surface area contributed by atoms with E-state index in [-0.39, 0.29) is 0 Å². The van der Waals surface area contributed by atoms with Gasteiger partial charge in [0, 0.05) is 14.2 Å². The van der Waals surface area contributed by atoms with E-state index in [4.69, 9.17) is 19.5 Å². The van der Waals surface area contributed by atoms with Gasteiger partial charge in [-0.3, -0.25) is 19.5 Å². The zero-order valence-electron chi connectivity index (χ0n) is 14.0. The molecule has 0 aliphatic heterocycles. The maximum Gasteiger partial charge on any atom is 0.408 e. The second kappa shape index (κ2) is 8.28. The summed E-state index contributed by atoms with van der Waals surface area (Å²) in [7, 11) is -1.92. The fourth-order valence-electron chi connectivity index (χ4n) is 1.36. The van der Waals surface area contributed by atoms with Crippen LogP contribution in [0.3, 0.4) is 0 Å². The molecule has 1 unspecified atom stereocenters. The molecule has 0 aromatic heterocycles. The van der Waals surface area contributed by atoms with Crippen molar-refractivity contribution in [3.05, 3.63) is 0 Å². The molecule has 0 saturated heterocycles. The second-order valence-electron chi connectivity index (χ2n) is 5.59. The fraction of sp³-hybridized carbons (Fsp3) is 0.750. The third-order valence-electron chi connectivity index (χ3n) is 2.51. The first kappa shape index (κ1) is 21.4. The van der Waals surface area contributed by atoms with Crippen LogP contribution in [0.4, 0.5) is 4.79 Å². The van der Waals surface area contributed by atoms with E-state index in [0.717, 1.165) is 14.2 Å². The SMILES string of the molecule is COP(=O)(OC)[C@H](NC(=O)OC(C)(C)C)C(=O)NC(C)C(N)=O. The minimum Gasteiger partial charge on any atom is -0.444 e. The Labute approximate surface area is 134 Å². The molecule has 0 saturated carbocycles. The number of amides is 3. The lowest BCUT2D eigenvalue weighted by molar-refractivity contribution is -0.127. The number of alkyl carbamates (subject to hydrolysis) is 1. The number of carbonyl (C=O) groups is 3. The molecule has 0 rings (SSSR count). The molecule has 0 aromatic rings. The van der Waals surface area contributed by atoms with Crippen molar-refractivity contribution >= 4 is 25.5 Å². The van der Waals surface area contributed by atoms with Crippen LogP contribution in [0.15, 0.2) is 0 Å². The standard InChI is InChI=1S/C12H24N3O7P/c1-7(8(13)16)14-9(17)10(23(19,20-5)21-6)15-11(18)22-12(2,3)4/h7,10H,1-6H3,(H2,13,16)(H,14,17)(H,15,18)/t7?,10-/m0/s1. The third kappa shape index (κ3) is 6.98. The molecule has 0 bridgehead atoms. The lowest BCUT2D eigenvalue weighted by Gasteiger charge is -2.27. The zero-order valence-corrected chi connectivity index (χ0v) is 14.9. The maximum atomic E-state index is 12.5. The van der Waals surface area contributed by atoms with Crippen LogP contribution >= 0.6 is 7.60 Å². The number of hydrogen-bond donors (Lipinski definition) is 3. The highest BCUT2D eigenvalue weighted by Crippen LogP contribution is 2.50. The largest absolute Gasteiger partial charge is 0.444 e. The van der Waals surface area contributed by atoms with Crippen LogP contribution in [0.25, 0.3) is 0 Å². The molecule has 23 heavy (non-hydrogen) atoms. The summed E-state index contributed by atoms with van der Waals surface area (Å²) in [6, 6.07) is -1.05. The number of nitrogens with two attached hydrogens (primary N) is 1. The summed E-state index contributed by atoms with van der Waals surface area (Å²) in [5.74, 6) is -3.48. The Morgan fingerprint density at radius 1 is 1.09 bits per heavy atom. The van der Waals surface area contributed by atoms with Gasteiger partial charge in [-0.25, -0.2) is 4.79 Å². The summed E-state index contributed by atoms with van der Waals surface area (Å²) in [4.78, 5) is 35.1. The van der Waals surface area contributed by atoms with Crippen molar-refractivity contribution in [1.82, 2.24) is 10.6 Å². The van der Waals surface area contributed by atoms with Crippen molar-refractivity contribution in [3.8, 4) is 0 Å². The van der Waals surface area contributed by atoms with Gasteiger partial charge in [0.25, 0.3) is 5.91 Å². The van der Waals surface area contributed by atoms with Gasteiger partial charge in [0.2, 0.25) is 11.7 Å². The van der Waals surface area contributed by atoms with Crippen molar-refractivity contribution in [2.75, 3.05) is 14.2 Å². The number of primary amides is 1. The van der Waals surface area contributed by atoms with Gasteiger partial charge in [0.1, 0.15) is 11.6 Å². The van der Waals surface area contributed by atoms with Crippen molar-refractivity contribution in [2.45, 2.75) is 45.1 Å². The van der Waals surface area contributed by atoms with Gasteiger partial charge >= 0.3 is 13.7 Å². The van der Waals surface area contributed by atoms with Gasteiger partial charge in [-0.15, -0.1) is 0 Å². The van der Waals surface area contributed by atoms with E-state index in [1.165, 1.54) is 6.92 Å². The monoisotopic (exact) mass is 353 g/mol. The predicted molar refractivity (Wildman–Crippen MR) is 81.6 cm³/mol. The van der Waals surface area contributed by atoms with Crippen LogP contribution in [0.2, 0.25) is 0 Å². The Balaban J connectivity index is 5.33. The average Bonchev–Trinajstić information content (AvgIpc) is 2.41. The lowest BCUT2D eigenvalue weighted by Crippen LogP contribution is -2.52. The van der Waals surface area contributed by atoms with Gasteiger partial charge in [0.15, 0.2) is 0 Å². The van der Waals surface area contributed by atoms with E-state index in [0.29, 0.717) is 0 Å². The van der Waals surface area contributed by atoms with Gasteiger partial charge < -0.3 is 24.8 Å². The molecule has 0 spiro atoms. The molecule has 0 aliphatic carbocycles. The van der Waals surface area contributed by atoms with Crippen LogP contribution < -0.4 is 16.4 Å². The summed E-state index contributed by atoms with van der Waals surface area (Å²) >= 11 is 0. The summed E-state index contributed by atoms with van der Waals surface area (Å²) in [5, 5.41) is 4.33. The number of hydrogen-bond acceptors (Lipinski definition) is 7. The lowest BCUT2D eigenvalue weighted by atomic mass is 10.2. The highest BCUT2D eigenvalue weighted by Gasteiger charge is 2.42. The Hall–Kier alpha value is -1.64. The van der Waals surface area contributed by atoms with Gasteiger partial charge in [-0.05, 0) is 27.7 Å². The molecule has 0 aliphatic rings. The Bertz CT molecular complexity index is 495. The Kier molecular flexibility index (Phi) is 7.69. The Morgan fingerprint density at radius 2 is 1.57 bits per heavy atom. The summed E-state index contributed by atoms with van der Waals surface area (Å²) in [6.07, 6.45) is -1.00. The summed E-state index contributed by atoms with van der Waals surface area (Å²) in [5.41, 5.74) is 4.21. The van der Waals surface area contributed by atoms with E-state index in [1.807, 2.05) is 0 Å². The predicted octanol–water partition coefficient (Wildman–Crippen LogP) is 0.313. The molecule has 0 fully saturated rings. The molecule has 134 valence electrons. The molecule has 11 heteroatoms. The van der Waals surface area contributed by atoms with E-state index >= 15 is 0 Å². The first-order valence-electron chi connectivity index (χ1n) is 6.66. The number of rotatable bonds is 7. The first-order valence-corrected chi connectivity index (χ1v) is 8.28. The van der Waals surface area contributed by atoms with Crippen LogP contribution in [0, 0.1) is 0 Å². The third-order valence-corrected chi connectivity index (χ3v) is 4.53. The zero-order chi connectivity index (χ0) is 18.4. The first-order chi connectivity index (χ1) is 10.4. The van der Waals surface area contributed by atoms with Gasteiger partial charge in [-0.1, -0.05) is 0 Å². The van der Waals surface area contributed by atoms with Crippen molar-refractivity contribution < 1.29 is 32.7 Å². The summed E-state index contributed by atoms with van der Waals surface area (Å²) < 4.78 is 26.9. The normalized spacial score (nSPS) is 14.5. The minimum atomic E-state index is -4.03. The maximum absolute atomic E-state index is 12.5. The van der Waals surface area contributed by atoms with E-state index in [9.17, 15) is 18.9 Å². The molecule has 3 amide bonds. The average molecular weight is 353 g/mol. The molecule has 0 heterocycles. The second-order valence-corrected chi connectivity index (χ2v) is 7.91. The van der Waals surface area contributed by atoms with Gasteiger partial charge in [-0.2, -0.15) is 0 Å². The molecule has 2 atom stereocenters. The van der Waals surface area contributed by atoms with Crippen LogP contribution in [0.5, 0.6) is 0 Å².